The van der Waals surface area contributed by atoms with E-state index in [1.165, 1.54) is 14.0 Å². The highest BCUT2D eigenvalue weighted by atomic mass is 16.6. The molecule has 1 saturated carbocycles. The van der Waals surface area contributed by atoms with Gasteiger partial charge in [0.25, 0.3) is 0 Å². The van der Waals surface area contributed by atoms with E-state index in [1.807, 2.05) is 32.8 Å². The summed E-state index contributed by atoms with van der Waals surface area (Å²) in [6, 6.07) is 0.152. The average Bonchev–Trinajstić information content (AvgIpc) is 3.42. The largest absolute Gasteiger partial charge is 0.504 e. The lowest BCUT2D eigenvalue weighted by atomic mass is 9.53. The van der Waals surface area contributed by atoms with Crippen molar-refractivity contribution in [3.63, 3.8) is 0 Å². The molecule has 5 aliphatic rings. The van der Waals surface area contributed by atoms with E-state index in [0.717, 1.165) is 19.5 Å². The summed E-state index contributed by atoms with van der Waals surface area (Å²) < 4.78 is 17.3. The molecule has 3 aliphatic carbocycles. The Hall–Kier alpha value is -2.69. The van der Waals surface area contributed by atoms with Gasteiger partial charge in [-0.3, -0.25) is 9.59 Å². The number of aliphatic hydroxyl groups excluding tert-OH is 2. The summed E-state index contributed by atoms with van der Waals surface area (Å²) in [6.45, 7) is 6.81. The number of hydrogen-bond donors (Lipinski definition) is 2. The van der Waals surface area contributed by atoms with Gasteiger partial charge in [-0.1, -0.05) is 6.92 Å². The average molecular weight is 545 g/mol. The number of cyclic esters (lactones) is 1. The van der Waals surface area contributed by atoms with E-state index in [4.69, 9.17) is 14.2 Å². The van der Waals surface area contributed by atoms with Crippen LogP contribution in [0.2, 0.25) is 0 Å². The second-order valence-corrected chi connectivity index (χ2v) is 12.3. The molecule has 0 amide bonds. The van der Waals surface area contributed by atoms with Crippen LogP contribution in [-0.2, 0) is 28.6 Å². The van der Waals surface area contributed by atoms with Gasteiger partial charge >= 0.3 is 11.9 Å². The summed E-state index contributed by atoms with van der Waals surface area (Å²) in [7, 11) is 5.41. The second kappa shape index (κ2) is 9.74. The lowest BCUT2D eigenvalue weighted by Crippen LogP contribution is -2.57. The summed E-state index contributed by atoms with van der Waals surface area (Å²) in [4.78, 5) is 44.0. The van der Waals surface area contributed by atoms with Crippen molar-refractivity contribution in [3.05, 3.63) is 34.3 Å². The molecule has 0 bridgehead atoms. The number of allylic oxidation sites excluding steroid dienone is 1. The lowest BCUT2D eigenvalue weighted by molar-refractivity contribution is -0.161. The van der Waals surface area contributed by atoms with Crippen molar-refractivity contribution in [2.24, 2.45) is 16.7 Å². The van der Waals surface area contributed by atoms with E-state index in [1.54, 1.807) is 6.20 Å². The molecule has 39 heavy (non-hydrogen) atoms. The molecule has 2 N–H and O–H groups in total. The quantitative estimate of drug-likeness (QED) is 0.391. The highest BCUT2D eigenvalue weighted by Crippen LogP contribution is 2.63. The minimum Gasteiger partial charge on any atom is -0.504 e. The monoisotopic (exact) mass is 544 g/mol. The number of likely N-dealkylation sites (tertiary alicyclic amines) is 1. The molecule has 0 spiro atoms. The Morgan fingerprint density at radius 2 is 1.97 bits per heavy atom. The van der Waals surface area contributed by atoms with Gasteiger partial charge in [-0.05, 0) is 57.7 Å². The molecule has 0 aromatic heterocycles. The molecular formula is C29H40N2O8. The van der Waals surface area contributed by atoms with Gasteiger partial charge in [0.05, 0.1) is 23.7 Å². The second-order valence-electron chi connectivity index (χ2n) is 12.3. The number of ketones is 1. The highest BCUT2D eigenvalue weighted by Gasteiger charge is 2.64. The Kier molecular flexibility index (Phi) is 6.96. The predicted molar refractivity (Wildman–Crippen MR) is 140 cm³/mol. The van der Waals surface area contributed by atoms with Crippen molar-refractivity contribution in [3.8, 4) is 0 Å². The number of rotatable bonds is 5. The minimum absolute atomic E-state index is 0.0118. The molecule has 0 aromatic carbocycles. The summed E-state index contributed by atoms with van der Waals surface area (Å²) in [5.41, 5.74) is -0.721. The van der Waals surface area contributed by atoms with Crippen LogP contribution in [-0.4, -0.2) is 103 Å². The van der Waals surface area contributed by atoms with E-state index < -0.39 is 52.6 Å². The van der Waals surface area contributed by atoms with Crippen LogP contribution < -0.4 is 0 Å². The number of nitrogens with zero attached hydrogens (tertiary/aromatic N) is 2. The molecule has 10 nitrogen and oxygen atoms in total. The van der Waals surface area contributed by atoms with Crippen LogP contribution in [0.3, 0.4) is 0 Å². The number of esters is 2. The van der Waals surface area contributed by atoms with Gasteiger partial charge in [-0.25, -0.2) is 4.79 Å². The third kappa shape index (κ3) is 4.14. The van der Waals surface area contributed by atoms with Crippen LogP contribution >= 0.6 is 0 Å². The van der Waals surface area contributed by atoms with Gasteiger partial charge in [0.1, 0.15) is 12.2 Å². The number of hydrogen-bond acceptors (Lipinski definition) is 10. The van der Waals surface area contributed by atoms with Crippen LogP contribution in [0.15, 0.2) is 34.3 Å². The third-order valence-electron chi connectivity index (χ3n) is 9.93. The van der Waals surface area contributed by atoms with Gasteiger partial charge < -0.3 is 34.2 Å². The van der Waals surface area contributed by atoms with Crippen LogP contribution in [0, 0.1) is 16.7 Å². The van der Waals surface area contributed by atoms with Crippen LogP contribution in [0.1, 0.15) is 46.5 Å². The maximum atomic E-state index is 14.1. The number of carbonyl (C=O) groups is 3. The van der Waals surface area contributed by atoms with Crippen molar-refractivity contribution in [1.82, 2.24) is 9.80 Å². The van der Waals surface area contributed by atoms with Crippen molar-refractivity contribution in [1.29, 1.82) is 0 Å². The van der Waals surface area contributed by atoms with Gasteiger partial charge in [-0.2, -0.15) is 0 Å². The van der Waals surface area contributed by atoms with Crippen molar-refractivity contribution < 1.29 is 38.8 Å². The fourth-order valence-electron chi connectivity index (χ4n) is 7.83. The molecule has 0 aromatic rings. The number of methoxy groups -OCH3 is 1. The fourth-order valence-corrected chi connectivity index (χ4v) is 7.83. The zero-order valence-electron chi connectivity index (χ0n) is 23.7. The van der Waals surface area contributed by atoms with Gasteiger partial charge in [0.15, 0.2) is 5.76 Å². The summed E-state index contributed by atoms with van der Waals surface area (Å²) in [6.07, 6.45) is 1.54. The normalized spacial score (nSPS) is 39.5. The Labute approximate surface area is 229 Å². The Morgan fingerprint density at radius 1 is 1.26 bits per heavy atom. The van der Waals surface area contributed by atoms with E-state index in [0.29, 0.717) is 30.4 Å². The Bertz CT molecular complexity index is 1190. The molecule has 0 radical (unpaired) electrons. The maximum Gasteiger partial charge on any atom is 0.340 e. The highest BCUT2D eigenvalue weighted by molar-refractivity contribution is 6.13. The van der Waals surface area contributed by atoms with Gasteiger partial charge in [0.2, 0.25) is 5.78 Å². The van der Waals surface area contributed by atoms with Crippen molar-refractivity contribution >= 4 is 17.7 Å². The minimum atomic E-state index is -1.20. The zero-order valence-corrected chi connectivity index (χ0v) is 23.7. The van der Waals surface area contributed by atoms with Crippen molar-refractivity contribution in [2.75, 3.05) is 40.9 Å². The van der Waals surface area contributed by atoms with Crippen LogP contribution in [0.5, 0.6) is 0 Å². The topological polar surface area (TPSA) is 126 Å². The molecule has 2 unspecified atom stereocenters. The van der Waals surface area contributed by atoms with E-state index >= 15 is 0 Å². The first-order valence-corrected chi connectivity index (χ1v) is 13.7. The van der Waals surface area contributed by atoms with E-state index in [2.05, 4.69) is 4.90 Å². The van der Waals surface area contributed by atoms with Crippen molar-refractivity contribution in [2.45, 2.75) is 70.8 Å². The molecule has 10 heteroatoms. The Morgan fingerprint density at radius 3 is 2.59 bits per heavy atom. The zero-order chi connectivity index (χ0) is 28.4. The standard InChI is InChI=1S/C29H40N2O8/c1-15(32)38-19-11-28(2)18(7-8-20(28)33)22-24(19)29(3)21(14-37-6)39-27(36)17(23(29)26(35)25(22)34)13-31(5)16-9-10-30(4)12-16/h13,16,18-21,33,35H,7-12,14H2,1-6H3/t16?,18?,19-,20+,21-,28+,29+/m1/s1. The summed E-state index contributed by atoms with van der Waals surface area (Å²) >= 11 is 0. The van der Waals surface area contributed by atoms with Crippen LogP contribution in [0.25, 0.3) is 0 Å². The molecule has 7 atom stereocenters. The molecule has 3 fully saturated rings. The van der Waals surface area contributed by atoms with E-state index in [-0.39, 0.29) is 29.7 Å². The fraction of sp³-hybridized carbons (Fsp3) is 0.690. The summed E-state index contributed by atoms with van der Waals surface area (Å²) in [5, 5.41) is 22.6. The Balaban J connectivity index is 1.72. The first kappa shape index (κ1) is 27.9. The predicted octanol–water partition coefficient (Wildman–Crippen LogP) is 1.89. The molecular weight excluding hydrogens is 504 g/mol. The first-order chi connectivity index (χ1) is 18.3. The number of carbonyl (C=O) groups excluding carboxylic acids is 3. The van der Waals surface area contributed by atoms with Crippen LogP contribution in [0.4, 0.5) is 0 Å². The van der Waals surface area contributed by atoms with Gasteiger partial charge in [0, 0.05) is 56.4 Å². The van der Waals surface area contributed by atoms with E-state index in [9.17, 15) is 24.6 Å². The first-order valence-electron chi connectivity index (χ1n) is 13.7. The lowest BCUT2D eigenvalue weighted by Gasteiger charge is -2.54. The molecule has 2 heterocycles. The summed E-state index contributed by atoms with van der Waals surface area (Å²) in [5.74, 6) is -2.59. The number of Topliss-reactive ketones (excluding diaryl/α,β-unsaturated/α-hetero) is 1. The number of ether oxygens (including phenoxy) is 3. The SMILES string of the molecule is COC[C@H]1OC(=O)C(=CN(C)C2CCN(C)C2)C2=C(O)C(=O)C3=C([C@H](OC(C)=O)C[C@@]4(C)C3CC[C@@H]4O)[C@]21C. The number of fused-ring (bicyclic) bond motifs is 4. The molecule has 214 valence electrons. The third-order valence-corrected chi connectivity index (χ3v) is 9.93. The molecule has 2 saturated heterocycles. The smallest absolute Gasteiger partial charge is 0.340 e. The maximum absolute atomic E-state index is 14.1. The molecule has 5 rings (SSSR count). The molecule has 2 aliphatic heterocycles. The van der Waals surface area contributed by atoms with Gasteiger partial charge in [-0.15, -0.1) is 0 Å². The number of aliphatic hydroxyl groups is 2. The number of likely N-dealkylation sites (N-methyl/N-ethyl adjacent to an activating group) is 2.